The van der Waals surface area contributed by atoms with E-state index in [1.165, 1.54) is 13.0 Å². The molecule has 1 heterocycles. The van der Waals surface area contributed by atoms with Crippen molar-refractivity contribution in [3.05, 3.63) is 11.6 Å². The van der Waals surface area contributed by atoms with E-state index in [0.29, 0.717) is 18.1 Å². The highest BCUT2D eigenvalue weighted by Crippen LogP contribution is 2.35. The number of rotatable bonds is 3. The van der Waals surface area contributed by atoms with Crippen molar-refractivity contribution in [2.75, 3.05) is 19.7 Å². The van der Waals surface area contributed by atoms with E-state index in [0.717, 1.165) is 25.0 Å². The smallest absolute Gasteiger partial charge is 0.113 e. The minimum atomic E-state index is 0.344. The zero-order valence-corrected chi connectivity index (χ0v) is 12.6. The molecule has 1 saturated heterocycles. The molecule has 1 aliphatic carbocycles. The maximum atomic E-state index is 5.87. The Morgan fingerprint density at radius 2 is 2.11 bits per heavy atom. The third-order valence-corrected chi connectivity index (χ3v) is 4.64. The third-order valence-electron chi connectivity index (χ3n) is 4.64. The molecule has 0 bridgehead atoms. The molecule has 2 nitrogen and oxygen atoms in total. The van der Waals surface area contributed by atoms with Gasteiger partial charge in [-0.15, -0.1) is 0 Å². The Hall–Kier alpha value is -0.340. The van der Waals surface area contributed by atoms with E-state index >= 15 is 0 Å². The number of hydrogen-bond acceptors (Lipinski definition) is 2. The van der Waals surface area contributed by atoms with Gasteiger partial charge in [-0.3, -0.25) is 4.90 Å². The van der Waals surface area contributed by atoms with Crippen LogP contribution in [0.4, 0.5) is 0 Å². The van der Waals surface area contributed by atoms with Crippen LogP contribution in [0.25, 0.3) is 0 Å². The zero-order valence-electron chi connectivity index (χ0n) is 12.6. The van der Waals surface area contributed by atoms with Crippen molar-refractivity contribution in [1.29, 1.82) is 0 Å². The molecule has 0 amide bonds. The fraction of sp³-hybridized carbons (Fsp3) is 0.875. The van der Waals surface area contributed by atoms with Gasteiger partial charge >= 0.3 is 0 Å². The lowest BCUT2D eigenvalue weighted by molar-refractivity contribution is -0.0144. The number of hydrogen-bond donors (Lipinski definition) is 0. The van der Waals surface area contributed by atoms with E-state index in [-0.39, 0.29) is 0 Å². The average molecular weight is 251 g/mol. The van der Waals surface area contributed by atoms with Gasteiger partial charge < -0.3 is 4.74 Å². The summed E-state index contributed by atoms with van der Waals surface area (Å²) in [7, 11) is 0. The standard InChI is InChI=1S/C16H29NO/c1-11(2)16-17(6-7-18-16)10-15-13(4)8-12(3)9-14(15)5/h8,11,13-16H,6-7,9-10H2,1-5H3/t13-,14-,15-,16-/m1/s1. The summed E-state index contributed by atoms with van der Waals surface area (Å²) in [6.07, 6.45) is 4.10. The molecule has 104 valence electrons. The van der Waals surface area contributed by atoms with Crippen molar-refractivity contribution in [3.8, 4) is 0 Å². The van der Waals surface area contributed by atoms with Crippen LogP contribution in [0.3, 0.4) is 0 Å². The van der Waals surface area contributed by atoms with Crippen molar-refractivity contribution < 1.29 is 4.74 Å². The van der Waals surface area contributed by atoms with Crippen molar-refractivity contribution in [2.24, 2.45) is 23.7 Å². The van der Waals surface area contributed by atoms with E-state index in [1.807, 2.05) is 0 Å². The van der Waals surface area contributed by atoms with Crippen molar-refractivity contribution >= 4 is 0 Å². The van der Waals surface area contributed by atoms with Gasteiger partial charge in [-0.1, -0.05) is 39.3 Å². The second-order valence-electron chi connectivity index (χ2n) is 6.72. The average Bonchev–Trinajstić information content (AvgIpc) is 2.71. The van der Waals surface area contributed by atoms with Crippen LogP contribution in [0, 0.1) is 23.7 Å². The summed E-state index contributed by atoms with van der Waals surface area (Å²) < 4.78 is 5.87. The Morgan fingerprint density at radius 1 is 1.39 bits per heavy atom. The first-order valence-corrected chi connectivity index (χ1v) is 7.52. The molecule has 0 aromatic heterocycles. The van der Waals surface area contributed by atoms with E-state index < -0.39 is 0 Å². The second-order valence-corrected chi connectivity index (χ2v) is 6.72. The molecule has 0 radical (unpaired) electrons. The van der Waals surface area contributed by atoms with Gasteiger partial charge in [-0.25, -0.2) is 0 Å². The largest absolute Gasteiger partial charge is 0.362 e. The van der Waals surface area contributed by atoms with E-state index in [4.69, 9.17) is 4.74 Å². The highest BCUT2D eigenvalue weighted by Gasteiger charge is 2.34. The number of nitrogens with zero attached hydrogens (tertiary/aromatic N) is 1. The summed E-state index contributed by atoms with van der Waals surface area (Å²) in [5, 5.41) is 0. The van der Waals surface area contributed by atoms with Gasteiger partial charge in [0.05, 0.1) is 6.61 Å². The minimum Gasteiger partial charge on any atom is -0.362 e. The van der Waals surface area contributed by atoms with Crippen LogP contribution in [-0.4, -0.2) is 30.8 Å². The fourth-order valence-electron chi connectivity index (χ4n) is 3.77. The molecule has 0 saturated carbocycles. The molecule has 18 heavy (non-hydrogen) atoms. The zero-order chi connectivity index (χ0) is 13.3. The van der Waals surface area contributed by atoms with Gasteiger partial charge in [-0.2, -0.15) is 0 Å². The van der Waals surface area contributed by atoms with Gasteiger partial charge in [0, 0.05) is 13.1 Å². The van der Waals surface area contributed by atoms with Crippen LogP contribution in [0.1, 0.15) is 41.0 Å². The Balaban J connectivity index is 2.00. The van der Waals surface area contributed by atoms with E-state index in [1.54, 1.807) is 5.57 Å². The van der Waals surface area contributed by atoms with Crippen molar-refractivity contribution in [2.45, 2.75) is 47.3 Å². The van der Waals surface area contributed by atoms with Crippen LogP contribution in [0.5, 0.6) is 0 Å². The Kier molecular flexibility index (Phi) is 4.50. The first-order chi connectivity index (χ1) is 8.49. The van der Waals surface area contributed by atoms with Crippen molar-refractivity contribution in [1.82, 2.24) is 4.90 Å². The molecule has 0 aromatic carbocycles. The summed E-state index contributed by atoms with van der Waals surface area (Å²) in [6, 6.07) is 0. The van der Waals surface area contributed by atoms with Gasteiger partial charge in [0.2, 0.25) is 0 Å². The molecule has 4 atom stereocenters. The van der Waals surface area contributed by atoms with Gasteiger partial charge in [0.15, 0.2) is 0 Å². The first kappa shape index (κ1) is 14.1. The second kappa shape index (κ2) is 5.75. The van der Waals surface area contributed by atoms with Crippen LogP contribution >= 0.6 is 0 Å². The van der Waals surface area contributed by atoms with Gasteiger partial charge in [0.1, 0.15) is 6.23 Å². The molecule has 1 aliphatic heterocycles. The molecule has 2 aliphatic rings. The molecule has 2 heteroatoms. The van der Waals surface area contributed by atoms with E-state index in [2.05, 4.69) is 45.6 Å². The highest BCUT2D eigenvalue weighted by molar-refractivity contribution is 5.08. The van der Waals surface area contributed by atoms with Gasteiger partial charge in [0.25, 0.3) is 0 Å². The van der Waals surface area contributed by atoms with E-state index in [9.17, 15) is 0 Å². The van der Waals surface area contributed by atoms with Crippen LogP contribution in [0.2, 0.25) is 0 Å². The number of ether oxygens (including phenoxy) is 1. The molecule has 1 fully saturated rings. The predicted octanol–water partition coefficient (Wildman–Crippen LogP) is 3.54. The molecule has 0 N–H and O–H groups in total. The van der Waals surface area contributed by atoms with Crippen LogP contribution < -0.4 is 0 Å². The van der Waals surface area contributed by atoms with Crippen LogP contribution in [-0.2, 0) is 4.74 Å². The molecular formula is C16H29NO. The number of allylic oxidation sites excluding steroid dienone is 2. The summed E-state index contributed by atoms with van der Waals surface area (Å²) in [6.45, 7) is 14.8. The summed E-state index contributed by atoms with van der Waals surface area (Å²) >= 11 is 0. The van der Waals surface area contributed by atoms with Crippen molar-refractivity contribution in [3.63, 3.8) is 0 Å². The quantitative estimate of drug-likeness (QED) is 0.711. The normalized spacial score (nSPS) is 38.2. The fourth-order valence-corrected chi connectivity index (χ4v) is 3.77. The first-order valence-electron chi connectivity index (χ1n) is 7.52. The topological polar surface area (TPSA) is 12.5 Å². The molecule has 0 aromatic rings. The lowest BCUT2D eigenvalue weighted by Crippen LogP contribution is -2.41. The molecular weight excluding hydrogens is 222 g/mol. The molecule has 2 rings (SSSR count). The maximum absolute atomic E-state index is 5.87. The Labute approximate surface area is 112 Å². The lowest BCUT2D eigenvalue weighted by atomic mass is 9.74. The summed E-state index contributed by atoms with van der Waals surface area (Å²) in [5.41, 5.74) is 1.57. The predicted molar refractivity (Wildman–Crippen MR) is 76.3 cm³/mol. The van der Waals surface area contributed by atoms with Gasteiger partial charge in [-0.05, 0) is 37.0 Å². The summed E-state index contributed by atoms with van der Waals surface area (Å²) in [4.78, 5) is 2.57. The maximum Gasteiger partial charge on any atom is 0.113 e. The molecule has 0 spiro atoms. The third kappa shape index (κ3) is 2.97. The SMILES string of the molecule is CC1=C[C@@H](C)[C@@H](CN2CCO[C@@H]2C(C)C)[C@H](C)C1. The van der Waals surface area contributed by atoms with Crippen LogP contribution in [0.15, 0.2) is 11.6 Å². The minimum absolute atomic E-state index is 0.344. The lowest BCUT2D eigenvalue weighted by Gasteiger charge is -2.37. The Morgan fingerprint density at radius 3 is 2.72 bits per heavy atom. The Bertz CT molecular complexity index is 310. The highest BCUT2D eigenvalue weighted by atomic mass is 16.5. The monoisotopic (exact) mass is 251 g/mol. The molecule has 0 unspecified atom stereocenters. The summed E-state index contributed by atoms with van der Waals surface area (Å²) in [5.74, 6) is 2.90.